The molecular weight excluding hydrogens is 292 g/mol. The topological polar surface area (TPSA) is 73.6 Å². The maximum absolute atomic E-state index is 12.3. The van der Waals surface area contributed by atoms with Gasteiger partial charge in [0.2, 0.25) is 0 Å². The maximum Gasteiger partial charge on any atom is 0.259 e. The first kappa shape index (κ1) is 15.0. The zero-order chi connectivity index (χ0) is 15.4. The van der Waals surface area contributed by atoms with E-state index < -0.39 is 0 Å². The van der Waals surface area contributed by atoms with Gasteiger partial charge >= 0.3 is 0 Å². The summed E-state index contributed by atoms with van der Waals surface area (Å²) in [6.07, 6.45) is 0. The van der Waals surface area contributed by atoms with E-state index in [4.69, 9.17) is 26.8 Å². The third-order valence-electron chi connectivity index (χ3n) is 2.91. The Morgan fingerprint density at radius 1 is 1.14 bits per heavy atom. The minimum Gasteiger partial charge on any atom is -0.497 e. The highest BCUT2D eigenvalue weighted by molar-refractivity contribution is 6.33. The van der Waals surface area contributed by atoms with E-state index in [-0.39, 0.29) is 5.91 Å². The molecule has 0 unspecified atom stereocenters. The Hall–Kier alpha value is -2.40. The van der Waals surface area contributed by atoms with Crippen LogP contribution in [0.3, 0.4) is 0 Å². The molecule has 0 bridgehead atoms. The molecule has 1 amide bonds. The van der Waals surface area contributed by atoms with Gasteiger partial charge in [0.05, 0.1) is 30.5 Å². The van der Waals surface area contributed by atoms with Crippen LogP contribution >= 0.6 is 11.6 Å². The first-order valence-electron chi connectivity index (χ1n) is 6.13. The number of amides is 1. The molecule has 0 aromatic heterocycles. The van der Waals surface area contributed by atoms with Gasteiger partial charge < -0.3 is 20.5 Å². The predicted octanol–water partition coefficient (Wildman–Crippen LogP) is 3.19. The van der Waals surface area contributed by atoms with Crippen molar-refractivity contribution < 1.29 is 14.3 Å². The fourth-order valence-corrected chi connectivity index (χ4v) is 1.92. The highest BCUT2D eigenvalue weighted by atomic mass is 35.5. The SMILES string of the molecule is COc1ccc(C(=O)Nc2ccc(Cl)c(N)c2)c(OC)c1. The molecule has 0 heterocycles. The molecule has 3 N–H and O–H groups in total. The number of halogens is 1. The number of nitrogen functional groups attached to an aromatic ring is 1. The van der Waals surface area contributed by atoms with Crippen molar-refractivity contribution >= 4 is 28.9 Å². The van der Waals surface area contributed by atoms with Gasteiger partial charge in [-0.25, -0.2) is 0 Å². The molecule has 6 heteroatoms. The first-order chi connectivity index (χ1) is 10.0. The van der Waals surface area contributed by atoms with E-state index in [1.54, 1.807) is 43.5 Å². The Kier molecular flexibility index (Phi) is 4.55. The van der Waals surface area contributed by atoms with Crippen LogP contribution in [0, 0.1) is 0 Å². The van der Waals surface area contributed by atoms with E-state index in [1.165, 1.54) is 7.11 Å². The van der Waals surface area contributed by atoms with Crippen molar-refractivity contribution in [2.45, 2.75) is 0 Å². The molecular formula is C15H15ClN2O3. The molecule has 0 spiro atoms. The van der Waals surface area contributed by atoms with Crippen LogP contribution in [0.25, 0.3) is 0 Å². The van der Waals surface area contributed by atoms with E-state index in [9.17, 15) is 4.79 Å². The number of nitrogens with two attached hydrogens (primary N) is 1. The number of methoxy groups -OCH3 is 2. The second kappa shape index (κ2) is 6.37. The summed E-state index contributed by atoms with van der Waals surface area (Å²) in [4.78, 5) is 12.3. The van der Waals surface area contributed by atoms with Crippen LogP contribution < -0.4 is 20.5 Å². The van der Waals surface area contributed by atoms with Gasteiger partial charge in [-0.15, -0.1) is 0 Å². The van der Waals surface area contributed by atoms with E-state index >= 15 is 0 Å². The number of rotatable bonds is 4. The van der Waals surface area contributed by atoms with Crippen molar-refractivity contribution in [1.29, 1.82) is 0 Å². The molecule has 0 saturated heterocycles. The van der Waals surface area contributed by atoms with Crippen LogP contribution in [0.4, 0.5) is 11.4 Å². The van der Waals surface area contributed by atoms with Crippen molar-refractivity contribution in [2.24, 2.45) is 0 Å². The third-order valence-corrected chi connectivity index (χ3v) is 3.25. The molecule has 2 aromatic rings. The Labute approximate surface area is 127 Å². The normalized spacial score (nSPS) is 10.0. The van der Waals surface area contributed by atoms with Crippen LogP contribution in [-0.2, 0) is 0 Å². The van der Waals surface area contributed by atoms with Crippen molar-refractivity contribution in [1.82, 2.24) is 0 Å². The van der Waals surface area contributed by atoms with Crippen LogP contribution in [-0.4, -0.2) is 20.1 Å². The summed E-state index contributed by atoms with van der Waals surface area (Å²) in [5.74, 6) is 0.726. The standard InChI is InChI=1S/C15H15ClN2O3/c1-20-10-4-5-11(14(8-10)21-2)15(19)18-9-3-6-12(16)13(17)7-9/h3-8H,17H2,1-2H3,(H,18,19). The highest BCUT2D eigenvalue weighted by Gasteiger charge is 2.14. The van der Waals surface area contributed by atoms with Crippen LogP contribution in [0.1, 0.15) is 10.4 Å². The number of benzene rings is 2. The lowest BCUT2D eigenvalue weighted by molar-refractivity contribution is 0.102. The van der Waals surface area contributed by atoms with Crippen molar-refractivity contribution in [3.63, 3.8) is 0 Å². The molecule has 0 radical (unpaired) electrons. The monoisotopic (exact) mass is 306 g/mol. The smallest absolute Gasteiger partial charge is 0.259 e. The fourth-order valence-electron chi connectivity index (χ4n) is 1.81. The number of nitrogens with one attached hydrogen (secondary N) is 1. The number of carbonyl (C=O) groups excluding carboxylic acids is 1. The van der Waals surface area contributed by atoms with Crippen LogP contribution in [0.5, 0.6) is 11.5 Å². The van der Waals surface area contributed by atoms with Gasteiger partial charge in [0.1, 0.15) is 11.5 Å². The summed E-state index contributed by atoms with van der Waals surface area (Å²) in [6, 6.07) is 9.85. The Bertz CT molecular complexity index is 674. The lowest BCUT2D eigenvalue weighted by Crippen LogP contribution is -2.13. The Morgan fingerprint density at radius 2 is 1.90 bits per heavy atom. The predicted molar refractivity (Wildman–Crippen MR) is 83.4 cm³/mol. The molecule has 110 valence electrons. The molecule has 0 atom stereocenters. The third kappa shape index (κ3) is 3.38. The molecule has 5 nitrogen and oxygen atoms in total. The number of hydrogen-bond donors (Lipinski definition) is 2. The summed E-state index contributed by atoms with van der Waals surface area (Å²) < 4.78 is 10.3. The molecule has 2 rings (SSSR count). The Morgan fingerprint density at radius 3 is 2.52 bits per heavy atom. The average Bonchev–Trinajstić information content (AvgIpc) is 2.50. The van der Waals surface area contributed by atoms with E-state index in [2.05, 4.69) is 5.32 Å². The second-order valence-corrected chi connectivity index (χ2v) is 4.66. The largest absolute Gasteiger partial charge is 0.497 e. The molecule has 0 aliphatic carbocycles. The summed E-state index contributed by atoms with van der Waals surface area (Å²) in [6.45, 7) is 0. The van der Waals surface area contributed by atoms with Gasteiger partial charge in [-0.2, -0.15) is 0 Å². The van der Waals surface area contributed by atoms with Crippen molar-refractivity contribution in [3.05, 3.63) is 47.0 Å². The molecule has 0 aliphatic rings. The lowest BCUT2D eigenvalue weighted by atomic mass is 10.1. The lowest BCUT2D eigenvalue weighted by Gasteiger charge is -2.11. The van der Waals surface area contributed by atoms with Gasteiger partial charge in [0.25, 0.3) is 5.91 Å². The number of ether oxygens (including phenoxy) is 2. The molecule has 21 heavy (non-hydrogen) atoms. The number of hydrogen-bond acceptors (Lipinski definition) is 4. The summed E-state index contributed by atoms with van der Waals surface area (Å²) in [5.41, 5.74) is 7.05. The molecule has 0 saturated carbocycles. The first-order valence-corrected chi connectivity index (χ1v) is 6.51. The maximum atomic E-state index is 12.3. The molecule has 0 fully saturated rings. The summed E-state index contributed by atoms with van der Waals surface area (Å²) >= 11 is 5.84. The van der Waals surface area contributed by atoms with Gasteiger partial charge in [-0.1, -0.05) is 11.6 Å². The number of carbonyl (C=O) groups is 1. The zero-order valence-electron chi connectivity index (χ0n) is 11.6. The fraction of sp³-hybridized carbons (Fsp3) is 0.133. The van der Waals surface area contributed by atoms with Crippen LogP contribution in [0.2, 0.25) is 5.02 Å². The van der Waals surface area contributed by atoms with E-state index in [1.807, 2.05) is 0 Å². The Balaban J connectivity index is 2.25. The minimum atomic E-state index is -0.309. The average molecular weight is 307 g/mol. The number of anilines is 2. The summed E-state index contributed by atoms with van der Waals surface area (Å²) in [5, 5.41) is 3.18. The zero-order valence-corrected chi connectivity index (χ0v) is 12.4. The highest BCUT2D eigenvalue weighted by Crippen LogP contribution is 2.27. The van der Waals surface area contributed by atoms with Crippen molar-refractivity contribution in [2.75, 3.05) is 25.3 Å². The van der Waals surface area contributed by atoms with E-state index in [0.29, 0.717) is 33.5 Å². The molecule has 0 aliphatic heterocycles. The summed E-state index contributed by atoms with van der Waals surface area (Å²) in [7, 11) is 3.04. The molecule has 2 aromatic carbocycles. The minimum absolute atomic E-state index is 0.309. The van der Waals surface area contributed by atoms with E-state index in [0.717, 1.165) is 0 Å². The van der Waals surface area contributed by atoms with Gasteiger partial charge in [-0.3, -0.25) is 4.79 Å². The van der Waals surface area contributed by atoms with Gasteiger partial charge in [0, 0.05) is 11.8 Å². The second-order valence-electron chi connectivity index (χ2n) is 4.26. The van der Waals surface area contributed by atoms with Crippen molar-refractivity contribution in [3.8, 4) is 11.5 Å². The van der Waals surface area contributed by atoms with Gasteiger partial charge in [0.15, 0.2) is 0 Å². The van der Waals surface area contributed by atoms with Gasteiger partial charge in [-0.05, 0) is 30.3 Å². The quantitative estimate of drug-likeness (QED) is 0.851. The van der Waals surface area contributed by atoms with Crippen LogP contribution in [0.15, 0.2) is 36.4 Å².